The third-order valence-corrected chi connectivity index (χ3v) is 0.633. The molecule has 1 atom stereocenters. The van der Waals surface area contributed by atoms with Gasteiger partial charge < -0.3 is 16.0 Å². The zero-order valence-corrected chi connectivity index (χ0v) is 6.04. The Kier molecular flexibility index (Phi) is 7.42. The largest absolute Gasteiger partial charge is 0.460 e. The molecule has 0 aromatic carbocycles. The fourth-order valence-electron chi connectivity index (χ4n) is 0.262. The molecule has 0 saturated heterocycles. The lowest BCUT2D eigenvalue weighted by Crippen LogP contribution is -2.13. The van der Waals surface area contributed by atoms with E-state index in [0.29, 0.717) is 0 Å². The Labute approximate surface area is 60.1 Å². The first-order valence-electron chi connectivity index (χ1n) is 2.64. The van der Waals surface area contributed by atoms with Gasteiger partial charge in [-0.15, -0.1) is 0 Å². The molecule has 0 saturated carbocycles. The van der Waals surface area contributed by atoms with Gasteiger partial charge in [0.05, 0.1) is 6.10 Å². The summed E-state index contributed by atoms with van der Waals surface area (Å²) >= 11 is 0. The fraction of sp³-hybridized carbons (Fsp3) is 0.500. The second-order valence-electron chi connectivity index (χ2n) is 1.68. The number of carbonyl (C=O) groups excluding carboxylic acids is 1. The van der Waals surface area contributed by atoms with E-state index in [1.807, 2.05) is 0 Å². The second-order valence-corrected chi connectivity index (χ2v) is 1.68. The van der Waals surface area contributed by atoms with Crippen LogP contribution in [0.4, 0.5) is 0 Å². The molecule has 0 aliphatic carbocycles. The molecule has 4 N–H and O–H groups in total. The summed E-state index contributed by atoms with van der Waals surface area (Å²) in [7, 11) is 0. The van der Waals surface area contributed by atoms with E-state index in [4.69, 9.17) is 5.11 Å². The molecule has 60 valence electrons. The molecular formula is C6H13NO3. The lowest BCUT2D eigenvalue weighted by atomic mass is 10.4. The van der Waals surface area contributed by atoms with Crippen molar-refractivity contribution in [3.63, 3.8) is 0 Å². The van der Waals surface area contributed by atoms with Crippen molar-refractivity contribution in [2.75, 3.05) is 6.61 Å². The highest BCUT2D eigenvalue weighted by molar-refractivity contribution is 5.81. The normalized spacial score (nSPS) is 11.0. The Balaban J connectivity index is 0. The van der Waals surface area contributed by atoms with Crippen LogP contribution in [0.5, 0.6) is 0 Å². The molecule has 1 unspecified atom stereocenters. The van der Waals surface area contributed by atoms with E-state index in [9.17, 15) is 4.79 Å². The van der Waals surface area contributed by atoms with Crippen LogP contribution < -0.4 is 6.15 Å². The van der Waals surface area contributed by atoms with Gasteiger partial charge in [-0.1, -0.05) is 6.58 Å². The highest BCUT2D eigenvalue weighted by Gasteiger charge is 1.97. The van der Waals surface area contributed by atoms with Gasteiger partial charge in [-0.3, -0.25) is 0 Å². The number of hydrogen-bond acceptors (Lipinski definition) is 4. The fourth-order valence-corrected chi connectivity index (χ4v) is 0.262. The molecule has 10 heavy (non-hydrogen) atoms. The molecule has 0 heterocycles. The summed E-state index contributed by atoms with van der Waals surface area (Å²) in [6.07, 6.45) is 0.455. The highest BCUT2D eigenvalue weighted by atomic mass is 16.5. The maximum Gasteiger partial charge on any atom is 0.330 e. The molecule has 0 spiro atoms. The van der Waals surface area contributed by atoms with Crippen molar-refractivity contribution in [3.05, 3.63) is 12.7 Å². The van der Waals surface area contributed by atoms with E-state index in [0.717, 1.165) is 6.08 Å². The van der Waals surface area contributed by atoms with E-state index in [1.165, 1.54) is 6.92 Å². The SMILES string of the molecule is C=CC(=O)OCC(C)O.N. The summed E-state index contributed by atoms with van der Waals surface area (Å²) in [5.41, 5.74) is 0. The van der Waals surface area contributed by atoms with Crippen LogP contribution >= 0.6 is 0 Å². The van der Waals surface area contributed by atoms with Gasteiger partial charge in [-0.05, 0) is 6.92 Å². The summed E-state index contributed by atoms with van der Waals surface area (Å²) in [6, 6.07) is 0. The van der Waals surface area contributed by atoms with Gasteiger partial charge in [-0.25, -0.2) is 4.79 Å². The van der Waals surface area contributed by atoms with Gasteiger partial charge in [0.2, 0.25) is 0 Å². The van der Waals surface area contributed by atoms with Crippen LogP contribution in [-0.4, -0.2) is 23.8 Å². The Morgan fingerprint density at radius 1 is 1.90 bits per heavy atom. The second kappa shape index (κ2) is 6.25. The monoisotopic (exact) mass is 147 g/mol. The number of aliphatic hydroxyl groups excluding tert-OH is 1. The average molecular weight is 147 g/mol. The topological polar surface area (TPSA) is 81.5 Å². The van der Waals surface area contributed by atoms with E-state index in [2.05, 4.69) is 11.3 Å². The van der Waals surface area contributed by atoms with Crippen molar-refractivity contribution in [2.24, 2.45) is 0 Å². The zero-order chi connectivity index (χ0) is 7.28. The molecule has 4 nitrogen and oxygen atoms in total. The minimum Gasteiger partial charge on any atom is -0.460 e. The average Bonchev–Trinajstić information content (AvgIpc) is 1.83. The van der Waals surface area contributed by atoms with Crippen molar-refractivity contribution in [3.8, 4) is 0 Å². The van der Waals surface area contributed by atoms with Gasteiger partial charge in [0.1, 0.15) is 6.61 Å². The van der Waals surface area contributed by atoms with Crippen LogP contribution in [0.15, 0.2) is 12.7 Å². The first-order chi connectivity index (χ1) is 4.16. The molecule has 0 aliphatic rings. The standard InChI is InChI=1S/C6H10O3.H3N/c1-3-6(8)9-4-5(2)7;/h3,5,7H,1,4H2,2H3;1H3. The molecule has 4 heteroatoms. The van der Waals surface area contributed by atoms with Crippen molar-refractivity contribution >= 4 is 5.97 Å². The van der Waals surface area contributed by atoms with Crippen molar-refractivity contribution in [1.29, 1.82) is 0 Å². The summed E-state index contributed by atoms with van der Waals surface area (Å²) < 4.78 is 4.45. The number of aliphatic hydroxyl groups is 1. The predicted molar refractivity (Wildman–Crippen MR) is 37.9 cm³/mol. The minimum absolute atomic E-state index is 0. The Hall–Kier alpha value is -0.870. The van der Waals surface area contributed by atoms with E-state index in [1.54, 1.807) is 0 Å². The van der Waals surface area contributed by atoms with Gasteiger partial charge in [0, 0.05) is 6.08 Å². The highest BCUT2D eigenvalue weighted by Crippen LogP contribution is 1.83. The van der Waals surface area contributed by atoms with Crippen LogP contribution in [-0.2, 0) is 9.53 Å². The van der Waals surface area contributed by atoms with Gasteiger partial charge in [0.15, 0.2) is 0 Å². The van der Waals surface area contributed by atoms with Crippen LogP contribution in [0.3, 0.4) is 0 Å². The smallest absolute Gasteiger partial charge is 0.330 e. The van der Waals surface area contributed by atoms with Gasteiger partial charge in [0.25, 0.3) is 0 Å². The minimum atomic E-state index is -0.603. The number of esters is 1. The Morgan fingerprint density at radius 2 is 2.40 bits per heavy atom. The molecule has 0 rings (SSSR count). The van der Waals surface area contributed by atoms with Gasteiger partial charge >= 0.3 is 5.97 Å². The van der Waals surface area contributed by atoms with Crippen molar-refractivity contribution in [1.82, 2.24) is 6.15 Å². The predicted octanol–water partition coefficient (Wildman–Crippen LogP) is 0.258. The summed E-state index contributed by atoms with van der Waals surface area (Å²) in [4.78, 5) is 10.3. The maximum absolute atomic E-state index is 10.3. The van der Waals surface area contributed by atoms with Crippen LogP contribution in [0.2, 0.25) is 0 Å². The molecule has 0 aromatic heterocycles. The summed E-state index contributed by atoms with van der Waals surface area (Å²) in [5, 5.41) is 8.59. The van der Waals surface area contributed by atoms with Crippen LogP contribution in [0.1, 0.15) is 6.92 Å². The van der Waals surface area contributed by atoms with Crippen molar-refractivity contribution in [2.45, 2.75) is 13.0 Å². The number of hydrogen-bond donors (Lipinski definition) is 2. The molecule has 0 radical (unpaired) electrons. The Morgan fingerprint density at radius 3 is 2.70 bits per heavy atom. The van der Waals surface area contributed by atoms with Crippen LogP contribution in [0, 0.1) is 0 Å². The third-order valence-electron chi connectivity index (χ3n) is 0.633. The number of rotatable bonds is 3. The zero-order valence-electron chi connectivity index (χ0n) is 6.04. The lowest BCUT2D eigenvalue weighted by molar-refractivity contribution is -0.140. The van der Waals surface area contributed by atoms with E-state index < -0.39 is 12.1 Å². The summed E-state index contributed by atoms with van der Waals surface area (Å²) in [6.45, 7) is 4.75. The van der Waals surface area contributed by atoms with E-state index in [-0.39, 0.29) is 12.8 Å². The van der Waals surface area contributed by atoms with E-state index >= 15 is 0 Å². The molecule has 0 aromatic rings. The molecule has 0 aliphatic heterocycles. The van der Waals surface area contributed by atoms with Gasteiger partial charge in [-0.2, -0.15) is 0 Å². The third kappa shape index (κ3) is 7.13. The van der Waals surface area contributed by atoms with Crippen molar-refractivity contribution < 1.29 is 14.6 Å². The first kappa shape index (κ1) is 11.9. The number of carbonyl (C=O) groups is 1. The molecule has 0 amide bonds. The molecule has 0 bridgehead atoms. The molecule has 0 fully saturated rings. The quantitative estimate of drug-likeness (QED) is 0.443. The first-order valence-corrected chi connectivity index (χ1v) is 2.64. The van der Waals surface area contributed by atoms with Crippen LogP contribution in [0.25, 0.3) is 0 Å². The Bertz CT molecular complexity index is 112. The number of ether oxygens (including phenoxy) is 1. The summed E-state index contributed by atoms with van der Waals surface area (Å²) in [5.74, 6) is -0.504. The lowest BCUT2D eigenvalue weighted by Gasteiger charge is -2.02. The maximum atomic E-state index is 10.3. The molecular weight excluding hydrogens is 134 g/mol.